The van der Waals surface area contributed by atoms with E-state index in [9.17, 15) is 0 Å². The Morgan fingerprint density at radius 1 is 1.58 bits per heavy atom. The Morgan fingerprint density at radius 2 is 2.25 bits per heavy atom. The van der Waals surface area contributed by atoms with E-state index in [-0.39, 0.29) is 0 Å². The summed E-state index contributed by atoms with van der Waals surface area (Å²) in [5.74, 6) is 0. The Hall–Kier alpha value is -0.770. The molecule has 0 amide bonds. The number of hydrogen-bond donors (Lipinski definition) is 1. The van der Waals surface area contributed by atoms with Crippen molar-refractivity contribution in [2.75, 3.05) is 5.73 Å². The predicted octanol–water partition coefficient (Wildman–Crippen LogP) is 2.17. The smallest absolute Gasteiger partial charge is 0.101 e. The lowest BCUT2D eigenvalue weighted by Crippen LogP contribution is -1.94. The molecule has 0 saturated heterocycles. The maximum Gasteiger partial charge on any atom is 0.101 e. The summed E-state index contributed by atoms with van der Waals surface area (Å²) in [5.41, 5.74) is 7.58. The monoisotopic (exact) mass is 198 g/mol. The van der Waals surface area contributed by atoms with Crippen LogP contribution in [0, 0.1) is 11.3 Å². The zero-order chi connectivity index (χ0) is 9.14. The zero-order valence-electron chi connectivity index (χ0n) is 6.34. The molecular weight excluding hydrogens is 191 g/mol. The average Bonchev–Trinajstić information content (AvgIpc) is 2.06. The fraction of sp³-hybridized carbons (Fsp3) is 0.125. The van der Waals surface area contributed by atoms with Crippen LogP contribution in [0.5, 0.6) is 0 Å². The molecule has 0 spiro atoms. The number of halogens is 1. The van der Waals surface area contributed by atoms with Crippen molar-refractivity contribution >= 4 is 26.5 Å². The number of nitriles is 1. The summed E-state index contributed by atoms with van der Waals surface area (Å²) in [7, 11) is 2.53. The second-order valence-electron chi connectivity index (χ2n) is 2.31. The van der Waals surface area contributed by atoms with Crippen molar-refractivity contribution in [2.45, 2.75) is 6.16 Å². The van der Waals surface area contributed by atoms with Crippen molar-refractivity contribution in [1.82, 2.24) is 0 Å². The van der Waals surface area contributed by atoms with Gasteiger partial charge in [0.2, 0.25) is 0 Å². The summed E-state index contributed by atoms with van der Waals surface area (Å²) in [6.07, 6.45) is 0.667. The van der Waals surface area contributed by atoms with Crippen molar-refractivity contribution in [3.63, 3.8) is 0 Å². The summed E-state index contributed by atoms with van der Waals surface area (Å²) in [6, 6.07) is 5.33. The first-order valence-corrected chi connectivity index (χ1v) is 4.57. The topological polar surface area (TPSA) is 49.8 Å². The third-order valence-electron chi connectivity index (χ3n) is 1.60. The second kappa shape index (κ2) is 3.76. The van der Waals surface area contributed by atoms with Gasteiger partial charge >= 0.3 is 0 Å². The van der Waals surface area contributed by atoms with Gasteiger partial charge in [0.1, 0.15) is 6.07 Å². The van der Waals surface area contributed by atoms with Gasteiger partial charge in [-0.1, -0.05) is 11.6 Å². The average molecular weight is 199 g/mol. The van der Waals surface area contributed by atoms with Gasteiger partial charge in [-0.25, -0.2) is 0 Å². The summed E-state index contributed by atoms with van der Waals surface area (Å²) < 4.78 is 0. The molecule has 0 fully saturated rings. The SMILES string of the molecule is N#Cc1ccc(N)c(CP)c1Cl. The third kappa shape index (κ3) is 1.53. The lowest BCUT2D eigenvalue weighted by Gasteiger charge is -2.05. The molecule has 0 heterocycles. The van der Waals surface area contributed by atoms with Gasteiger partial charge in [-0.15, -0.1) is 9.24 Å². The minimum Gasteiger partial charge on any atom is -0.398 e. The maximum absolute atomic E-state index is 8.65. The first kappa shape index (κ1) is 9.32. The quantitative estimate of drug-likeness (QED) is 0.555. The summed E-state index contributed by atoms with van der Waals surface area (Å²) in [5, 5.41) is 9.11. The molecule has 1 atom stereocenters. The molecule has 1 unspecified atom stereocenters. The van der Waals surface area contributed by atoms with E-state index in [4.69, 9.17) is 22.6 Å². The van der Waals surface area contributed by atoms with Gasteiger partial charge in [0.05, 0.1) is 10.6 Å². The van der Waals surface area contributed by atoms with Crippen LogP contribution in [0.2, 0.25) is 5.02 Å². The van der Waals surface area contributed by atoms with Crippen molar-refractivity contribution in [3.05, 3.63) is 28.3 Å². The van der Waals surface area contributed by atoms with E-state index in [1.165, 1.54) is 0 Å². The van der Waals surface area contributed by atoms with Gasteiger partial charge in [0.25, 0.3) is 0 Å². The van der Waals surface area contributed by atoms with Crippen molar-refractivity contribution in [3.8, 4) is 6.07 Å². The fourth-order valence-electron chi connectivity index (χ4n) is 0.930. The van der Waals surface area contributed by atoms with Crippen molar-refractivity contribution in [1.29, 1.82) is 5.26 Å². The highest BCUT2D eigenvalue weighted by Crippen LogP contribution is 2.27. The van der Waals surface area contributed by atoms with E-state index in [0.717, 1.165) is 5.56 Å². The molecule has 0 aliphatic heterocycles. The Kier molecular flexibility index (Phi) is 2.92. The minimum atomic E-state index is 0.465. The molecule has 0 aliphatic rings. The molecule has 0 aromatic heterocycles. The number of nitrogens with two attached hydrogens (primary N) is 1. The Labute approximate surface area is 78.5 Å². The number of nitrogen functional groups attached to an aromatic ring is 1. The van der Waals surface area contributed by atoms with E-state index < -0.39 is 0 Å². The van der Waals surface area contributed by atoms with Crippen LogP contribution in [-0.2, 0) is 6.16 Å². The highest BCUT2D eigenvalue weighted by Gasteiger charge is 2.07. The van der Waals surface area contributed by atoms with Crippen LogP contribution in [0.15, 0.2) is 12.1 Å². The minimum absolute atomic E-state index is 0.465. The maximum atomic E-state index is 8.65. The first-order chi connectivity index (χ1) is 5.70. The molecule has 1 aromatic rings. The molecule has 0 bridgehead atoms. The summed E-state index contributed by atoms with van der Waals surface area (Å²) in [4.78, 5) is 0. The van der Waals surface area contributed by atoms with Crippen molar-refractivity contribution in [2.24, 2.45) is 0 Å². The van der Waals surface area contributed by atoms with Gasteiger partial charge in [-0.05, 0) is 23.9 Å². The van der Waals surface area contributed by atoms with Crippen LogP contribution in [0.25, 0.3) is 0 Å². The standard InChI is InChI=1S/C8H8ClN2P/c9-8-5(3-10)1-2-7(11)6(8)4-12/h1-2H,4,11-12H2. The number of benzene rings is 1. The molecular formula is C8H8ClN2P. The number of nitrogens with zero attached hydrogens (tertiary/aromatic N) is 1. The molecule has 0 saturated carbocycles. The molecule has 0 aliphatic carbocycles. The Morgan fingerprint density at radius 3 is 2.75 bits per heavy atom. The number of hydrogen-bond acceptors (Lipinski definition) is 2. The van der Waals surface area contributed by atoms with Crippen LogP contribution in [0.4, 0.5) is 5.69 Å². The van der Waals surface area contributed by atoms with E-state index in [2.05, 4.69) is 9.24 Å². The lowest BCUT2D eigenvalue weighted by molar-refractivity contribution is 1.39. The van der Waals surface area contributed by atoms with Gasteiger partial charge in [0, 0.05) is 5.69 Å². The predicted molar refractivity (Wildman–Crippen MR) is 54.0 cm³/mol. The van der Waals surface area contributed by atoms with E-state index in [1.54, 1.807) is 12.1 Å². The molecule has 0 radical (unpaired) electrons. The Bertz CT molecular complexity index is 344. The molecule has 4 heteroatoms. The van der Waals surface area contributed by atoms with Crippen LogP contribution in [0.3, 0.4) is 0 Å². The highest BCUT2D eigenvalue weighted by atomic mass is 35.5. The Balaban J connectivity index is 3.36. The molecule has 1 rings (SSSR count). The first-order valence-electron chi connectivity index (χ1n) is 3.37. The van der Waals surface area contributed by atoms with E-state index in [1.807, 2.05) is 6.07 Å². The second-order valence-corrected chi connectivity index (χ2v) is 3.10. The fourth-order valence-corrected chi connectivity index (χ4v) is 1.79. The van der Waals surface area contributed by atoms with Crippen LogP contribution in [-0.4, -0.2) is 0 Å². The summed E-state index contributed by atoms with van der Waals surface area (Å²) >= 11 is 5.90. The van der Waals surface area contributed by atoms with Crippen LogP contribution >= 0.6 is 20.8 Å². The van der Waals surface area contributed by atoms with Gasteiger partial charge < -0.3 is 5.73 Å². The van der Waals surface area contributed by atoms with Gasteiger partial charge in [-0.2, -0.15) is 5.26 Å². The van der Waals surface area contributed by atoms with Gasteiger partial charge in [0.15, 0.2) is 0 Å². The van der Waals surface area contributed by atoms with Crippen molar-refractivity contribution < 1.29 is 0 Å². The molecule has 12 heavy (non-hydrogen) atoms. The van der Waals surface area contributed by atoms with E-state index >= 15 is 0 Å². The summed E-state index contributed by atoms with van der Waals surface area (Å²) in [6.45, 7) is 0. The third-order valence-corrected chi connectivity index (χ3v) is 2.44. The van der Waals surface area contributed by atoms with E-state index in [0.29, 0.717) is 22.4 Å². The number of rotatable bonds is 1. The molecule has 62 valence electrons. The molecule has 2 nitrogen and oxygen atoms in total. The normalized spacial score (nSPS) is 9.42. The number of anilines is 1. The van der Waals surface area contributed by atoms with Crippen LogP contribution < -0.4 is 5.73 Å². The highest BCUT2D eigenvalue weighted by molar-refractivity contribution is 7.15. The molecule has 1 aromatic carbocycles. The molecule has 2 N–H and O–H groups in total. The van der Waals surface area contributed by atoms with Crippen LogP contribution in [0.1, 0.15) is 11.1 Å². The van der Waals surface area contributed by atoms with Gasteiger partial charge in [-0.3, -0.25) is 0 Å². The largest absolute Gasteiger partial charge is 0.398 e. The lowest BCUT2D eigenvalue weighted by atomic mass is 10.1. The zero-order valence-corrected chi connectivity index (χ0v) is 8.25.